The molecule has 1 saturated carbocycles. The monoisotopic (exact) mass is 537 g/mol. The van der Waals surface area contributed by atoms with Gasteiger partial charge in [-0.3, -0.25) is 9.20 Å². The molecule has 0 aromatic heterocycles. The molecule has 2 rings (SSSR count). The third-order valence-electron chi connectivity index (χ3n) is 4.86. The van der Waals surface area contributed by atoms with Gasteiger partial charge in [-0.05, 0) is 50.8 Å². The van der Waals surface area contributed by atoms with E-state index in [-0.39, 0.29) is 48.4 Å². The normalized spacial score (nSPS) is 21.6. The molecule has 0 aliphatic heterocycles. The first kappa shape index (κ1) is 26.2. The maximum absolute atomic E-state index is 12.1. The summed E-state index contributed by atoms with van der Waals surface area (Å²) in [6, 6.07) is 8.04. The smallest absolute Gasteiger partial charge is 0.191 e. The van der Waals surface area contributed by atoms with Gasteiger partial charge in [0.25, 0.3) is 0 Å². The van der Waals surface area contributed by atoms with Crippen LogP contribution in [0.3, 0.4) is 0 Å². The highest BCUT2D eigenvalue weighted by Gasteiger charge is 2.26. The van der Waals surface area contributed by atoms with Crippen molar-refractivity contribution in [3.8, 4) is 5.75 Å². The van der Waals surface area contributed by atoms with Crippen LogP contribution in [0.1, 0.15) is 45.1 Å². The molecule has 0 spiro atoms. The number of aryl methyl sites for hydroxylation is 1. The van der Waals surface area contributed by atoms with Gasteiger partial charge in [-0.2, -0.15) is 0 Å². The Labute approximate surface area is 194 Å². The molecule has 4 unspecified atom stereocenters. The van der Waals surface area contributed by atoms with Gasteiger partial charge in [0, 0.05) is 34.4 Å². The van der Waals surface area contributed by atoms with E-state index in [0.29, 0.717) is 5.96 Å². The van der Waals surface area contributed by atoms with Gasteiger partial charge in [0.05, 0.1) is 6.54 Å². The van der Waals surface area contributed by atoms with Crippen molar-refractivity contribution < 1.29 is 14.1 Å². The molecule has 1 aliphatic rings. The number of nitrogens with zero attached hydrogens (tertiary/aromatic N) is 1. The summed E-state index contributed by atoms with van der Waals surface area (Å²) < 4.78 is 17.8. The standard InChI is InChI=1S/C21H35N3O3S.HI/c1-4-22-21(24-17-9-7-11-20(13-17)28(26)5-2)23-14-18(25)15-27-19-10-6-8-16(3)12-19;/h6,8,10,12,17-18,20,25H,4-5,7,9,11,13-15H2,1-3H3,(H2,22,23,24);1H. The van der Waals surface area contributed by atoms with E-state index in [1.54, 1.807) is 0 Å². The van der Waals surface area contributed by atoms with Crippen LogP contribution in [-0.4, -0.2) is 58.1 Å². The molecule has 3 N–H and O–H groups in total. The Hall–Kier alpha value is -0.870. The van der Waals surface area contributed by atoms with E-state index < -0.39 is 16.9 Å². The molecule has 1 aromatic carbocycles. The lowest BCUT2D eigenvalue weighted by Crippen LogP contribution is -2.47. The maximum Gasteiger partial charge on any atom is 0.191 e. The Morgan fingerprint density at radius 2 is 2.17 bits per heavy atom. The Balaban J connectivity index is 0.00000420. The van der Waals surface area contributed by atoms with Crippen LogP contribution in [0.5, 0.6) is 5.75 Å². The van der Waals surface area contributed by atoms with Crippen LogP contribution in [0.4, 0.5) is 0 Å². The zero-order valence-corrected chi connectivity index (χ0v) is 20.9. The lowest BCUT2D eigenvalue weighted by Gasteiger charge is -2.30. The summed E-state index contributed by atoms with van der Waals surface area (Å²) in [7, 11) is -0.743. The van der Waals surface area contributed by atoms with E-state index in [0.717, 1.165) is 49.3 Å². The molecule has 29 heavy (non-hydrogen) atoms. The molecule has 1 fully saturated rings. The van der Waals surface area contributed by atoms with Crippen molar-refractivity contribution >= 4 is 40.7 Å². The van der Waals surface area contributed by atoms with Crippen molar-refractivity contribution in [2.45, 2.75) is 63.9 Å². The van der Waals surface area contributed by atoms with Gasteiger partial charge in [0.2, 0.25) is 0 Å². The zero-order valence-electron chi connectivity index (χ0n) is 17.7. The minimum Gasteiger partial charge on any atom is -0.491 e. The molecule has 0 bridgehead atoms. The summed E-state index contributed by atoms with van der Waals surface area (Å²) in [5.41, 5.74) is 1.12. The third-order valence-corrected chi connectivity index (χ3v) is 6.60. The summed E-state index contributed by atoms with van der Waals surface area (Å²) in [6.45, 7) is 7.22. The predicted molar refractivity (Wildman–Crippen MR) is 132 cm³/mol. The highest BCUT2D eigenvalue weighted by Crippen LogP contribution is 2.23. The first-order valence-corrected chi connectivity index (χ1v) is 11.7. The molecule has 1 aromatic rings. The van der Waals surface area contributed by atoms with Gasteiger partial charge in [-0.1, -0.05) is 25.5 Å². The van der Waals surface area contributed by atoms with E-state index >= 15 is 0 Å². The molecular formula is C21H36IN3O3S. The van der Waals surface area contributed by atoms with Gasteiger partial charge in [-0.25, -0.2) is 0 Å². The van der Waals surface area contributed by atoms with Gasteiger partial charge < -0.3 is 20.5 Å². The fourth-order valence-corrected chi connectivity index (χ4v) is 4.76. The minimum absolute atomic E-state index is 0. The molecule has 6 nitrogen and oxygen atoms in total. The number of aliphatic hydroxyl groups excluding tert-OH is 1. The Kier molecular flexibility index (Phi) is 12.8. The highest BCUT2D eigenvalue weighted by molar-refractivity contribution is 14.0. The number of aliphatic imine (C=N–C) groups is 1. The second-order valence-electron chi connectivity index (χ2n) is 7.30. The van der Waals surface area contributed by atoms with E-state index in [2.05, 4.69) is 15.6 Å². The van der Waals surface area contributed by atoms with Crippen LogP contribution >= 0.6 is 24.0 Å². The van der Waals surface area contributed by atoms with Crippen LogP contribution in [0, 0.1) is 6.92 Å². The fraction of sp³-hybridized carbons (Fsp3) is 0.667. The number of guanidine groups is 1. The van der Waals surface area contributed by atoms with Crippen molar-refractivity contribution in [2.24, 2.45) is 4.99 Å². The van der Waals surface area contributed by atoms with Gasteiger partial charge in [0.15, 0.2) is 5.96 Å². The summed E-state index contributed by atoms with van der Waals surface area (Å²) in [5, 5.41) is 17.2. The van der Waals surface area contributed by atoms with E-state index in [1.165, 1.54) is 0 Å². The quantitative estimate of drug-likeness (QED) is 0.256. The van der Waals surface area contributed by atoms with Crippen LogP contribution in [-0.2, 0) is 10.8 Å². The number of benzene rings is 1. The summed E-state index contributed by atoms with van der Waals surface area (Å²) in [4.78, 5) is 4.52. The fourth-order valence-electron chi connectivity index (χ4n) is 3.41. The number of hydrogen-bond acceptors (Lipinski definition) is 4. The van der Waals surface area contributed by atoms with Crippen molar-refractivity contribution in [2.75, 3.05) is 25.4 Å². The number of aliphatic hydroxyl groups is 1. The van der Waals surface area contributed by atoms with Gasteiger partial charge in [0.1, 0.15) is 18.5 Å². The van der Waals surface area contributed by atoms with Crippen molar-refractivity contribution in [3.63, 3.8) is 0 Å². The van der Waals surface area contributed by atoms with E-state index in [9.17, 15) is 9.32 Å². The number of nitrogens with one attached hydrogen (secondary N) is 2. The summed E-state index contributed by atoms with van der Waals surface area (Å²) in [5.74, 6) is 2.17. The van der Waals surface area contributed by atoms with Crippen LogP contribution in [0.15, 0.2) is 29.3 Å². The van der Waals surface area contributed by atoms with Crippen LogP contribution in [0.2, 0.25) is 0 Å². The maximum atomic E-state index is 12.1. The highest BCUT2D eigenvalue weighted by atomic mass is 127. The Morgan fingerprint density at radius 3 is 2.86 bits per heavy atom. The topological polar surface area (TPSA) is 83.0 Å². The summed E-state index contributed by atoms with van der Waals surface area (Å²) >= 11 is 0. The number of halogens is 1. The number of ether oxygens (including phenoxy) is 1. The van der Waals surface area contributed by atoms with E-state index in [4.69, 9.17) is 4.74 Å². The molecule has 0 radical (unpaired) electrons. The summed E-state index contributed by atoms with van der Waals surface area (Å²) in [6.07, 6.45) is 3.41. The number of rotatable bonds is 9. The average Bonchev–Trinajstić information content (AvgIpc) is 2.70. The molecule has 0 saturated heterocycles. The second kappa shape index (κ2) is 14.2. The third kappa shape index (κ3) is 9.65. The lowest BCUT2D eigenvalue weighted by molar-refractivity contribution is 0.114. The minimum atomic E-state index is -0.743. The molecule has 1 aliphatic carbocycles. The second-order valence-corrected chi connectivity index (χ2v) is 9.31. The van der Waals surface area contributed by atoms with Crippen LogP contribution < -0.4 is 15.4 Å². The predicted octanol–water partition coefficient (Wildman–Crippen LogP) is 2.99. The Bertz CT molecular complexity index is 660. The molecular weight excluding hydrogens is 501 g/mol. The molecule has 166 valence electrons. The molecule has 8 heteroatoms. The van der Waals surface area contributed by atoms with E-state index in [1.807, 2.05) is 45.0 Å². The van der Waals surface area contributed by atoms with Crippen LogP contribution in [0.25, 0.3) is 0 Å². The largest absolute Gasteiger partial charge is 0.491 e. The van der Waals surface area contributed by atoms with Gasteiger partial charge >= 0.3 is 0 Å². The SMILES string of the molecule is CCNC(=NCC(O)COc1cccc(C)c1)NC1CCCC(S(=O)CC)C1.I. The van der Waals surface area contributed by atoms with Crippen molar-refractivity contribution in [3.05, 3.63) is 29.8 Å². The first-order chi connectivity index (χ1) is 13.5. The first-order valence-electron chi connectivity index (χ1n) is 10.3. The average molecular weight is 538 g/mol. The molecule has 0 amide bonds. The van der Waals surface area contributed by atoms with Gasteiger partial charge in [-0.15, -0.1) is 24.0 Å². The molecule has 4 atom stereocenters. The molecule has 0 heterocycles. The lowest BCUT2D eigenvalue weighted by atomic mass is 9.95. The van der Waals surface area contributed by atoms with Crippen molar-refractivity contribution in [1.29, 1.82) is 0 Å². The zero-order chi connectivity index (χ0) is 20.4. The van der Waals surface area contributed by atoms with Crippen molar-refractivity contribution in [1.82, 2.24) is 10.6 Å². The Morgan fingerprint density at radius 1 is 1.38 bits per heavy atom. The number of hydrogen-bond donors (Lipinski definition) is 3.